The van der Waals surface area contributed by atoms with Crippen molar-refractivity contribution in [2.75, 3.05) is 44.6 Å². The fraction of sp³-hybridized carbons (Fsp3) is 0.370. The van der Waals surface area contributed by atoms with Gasteiger partial charge in [-0.1, -0.05) is 29.8 Å². The van der Waals surface area contributed by atoms with Crippen LogP contribution in [-0.4, -0.2) is 61.9 Å². The highest BCUT2D eigenvalue weighted by molar-refractivity contribution is 6.41. The monoisotopic (exact) mass is 598 g/mol. The van der Waals surface area contributed by atoms with E-state index in [-0.39, 0.29) is 56.4 Å². The SMILES string of the molecule is C=CC(=O)C[C@H]1CCOC[C@H]1Nc1cc2c(NCC(F)(F)F)nc(-c3c(Cl)c(OC)cc(OC)c3Cl)cc2cn1. The number of rotatable bonds is 10. The third-order valence-corrected chi connectivity index (χ3v) is 7.27. The van der Waals surface area contributed by atoms with Crippen LogP contribution in [0.3, 0.4) is 0 Å². The summed E-state index contributed by atoms with van der Waals surface area (Å²) in [6, 6.07) is 4.48. The highest BCUT2D eigenvalue weighted by atomic mass is 35.5. The lowest BCUT2D eigenvalue weighted by atomic mass is 9.89. The number of ether oxygens (including phenoxy) is 3. The molecule has 8 nitrogen and oxygen atoms in total. The van der Waals surface area contributed by atoms with Crippen molar-refractivity contribution in [2.24, 2.45) is 5.92 Å². The van der Waals surface area contributed by atoms with Gasteiger partial charge in [-0.15, -0.1) is 0 Å². The Balaban J connectivity index is 1.79. The lowest BCUT2D eigenvalue weighted by molar-refractivity contribution is -0.116. The molecular weight excluding hydrogens is 572 g/mol. The molecule has 0 radical (unpaired) electrons. The topological polar surface area (TPSA) is 94.6 Å². The molecule has 40 heavy (non-hydrogen) atoms. The first-order chi connectivity index (χ1) is 19.0. The van der Waals surface area contributed by atoms with Crippen LogP contribution >= 0.6 is 23.2 Å². The number of carbonyl (C=O) groups is 1. The minimum Gasteiger partial charge on any atom is -0.495 e. The number of alkyl halides is 3. The Morgan fingerprint density at radius 2 is 1.90 bits per heavy atom. The number of halogens is 5. The summed E-state index contributed by atoms with van der Waals surface area (Å²) in [6.07, 6.45) is -0.739. The molecule has 2 atom stereocenters. The first-order valence-corrected chi connectivity index (χ1v) is 13.0. The first kappa shape index (κ1) is 29.7. The second-order valence-corrected chi connectivity index (χ2v) is 9.90. The molecule has 0 saturated carbocycles. The quantitative estimate of drug-likeness (QED) is 0.253. The highest BCUT2D eigenvalue weighted by Gasteiger charge is 2.29. The molecule has 2 aromatic heterocycles. The number of hydrogen-bond acceptors (Lipinski definition) is 8. The largest absolute Gasteiger partial charge is 0.495 e. The van der Waals surface area contributed by atoms with Crippen molar-refractivity contribution in [3.63, 3.8) is 0 Å². The molecule has 4 rings (SSSR count). The Morgan fingerprint density at radius 1 is 1.20 bits per heavy atom. The molecule has 0 amide bonds. The van der Waals surface area contributed by atoms with Crippen molar-refractivity contribution in [1.29, 1.82) is 0 Å². The van der Waals surface area contributed by atoms with E-state index in [0.717, 1.165) is 0 Å². The van der Waals surface area contributed by atoms with Gasteiger partial charge in [0.2, 0.25) is 0 Å². The van der Waals surface area contributed by atoms with Crippen LogP contribution in [-0.2, 0) is 9.53 Å². The van der Waals surface area contributed by atoms with Crippen LogP contribution in [0, 0.1) is 5.92 Å². The van der Waals surface area contributed by atoms with E-state index in [2.05, 4.69) is 27.2 Å². The lowest BCUT2D eigenvalue weighted by Gasteiger charge is -2.32. The van der Waals surface area contributed by atoms with Crippen LogP contribution in [0.4, 0.5) is 24.8 Å². The third-order valence-electron chi connectivity index (χ3n) is 6.52. The smallest absolute Gasteiger partial charge is 0.405 e. The molecule has 1 aliphatic heterocycles. The van der Waals surface area contributed by atoms with Crippen LogP contribution in [0.25, 0.3) is 22.0 Å². The van der Waals surface area contributed by atoms with Gasteiger partial charge < -0.3 is 24.8 Å². The van der Waals surface area contributed by atoms with Gasteiger partial charge in [0.25, 0.3) is 0 Å². The van der Waals surface area contributed by atoms with Crippen molar-refractivity contribution in [2.45, 2.75) is 25.1 Å². The number of fused-ring (bicyclic) bond motifs is 1. The first-order valence-electron chi connectivity index (χ1n) is 12.3. The summed E-state index contributed by atoms with van der Waals surface area (Å²) in [6.45, 7) is 3.08. The Hall–Kier alpha value is -3.28. The van der Waals surface area contributed by atoms with Crippen molar-refractivity contribution < 1.29 is 32.2 Å². The van der Waals surface area contributed by atoms with E-state index in [0.29, 0.717) is 42.6 Å². The molecule has 1 aliphatic rings. The number of aromatic nitrogens is 2. The molecule has 3 aromatic rings. The van der Waals surface area contributed by atoms with Gasteiger partial charge in [0.15, 0.2) is 5.78 Å². The number of allylic oxidation sites excluding steroid dienone is 1. The number of nitrogens with zero attached hydrogens (tertiary/aromatic N) is 2. The van der Waals surface area contributed by atoms with Crippen LogP contribution < -0.4 is 20.1 Å². The molecular formula is C27H27Cl2F3N4O4. The van der Waals surface area contributed by atoms with E-state index in [1.165, 1.54) is 32.6 Å². The van der Waals surface area contributed by atoms with Gasteiger partial charge in [-0.05, 0) is 30.5 Å². The zero-order valence-electron chi connectivity index (χ0n) is 21.7. The van der Waals surface area contributed by atoms with Gasteiger partial charge in [-0.2, -0.15) is 13.2 Å². The Labute approximate surface area is 238 Å². The lowest BCUT2D eigenvalue weighted by Crippen LogP contribution is -2.39. The van der Waals surface area contributed by atoms with Gasteiger partial charge in [-0.3, -0.25) is 4.79 Å². The molecule has 3 heterocycles. The van der Waals surface area contributed by atoms with Crippen LogP contribution in [0.15, 0.2) is 37.1 Å². The molecule has 0 bridgehead atoms. The summed E-state index contributed by atoms with van der Waals surface area (Å²) in [5, 5.41) is 6.75. The zero-order valence-corrected chi connectivity index (χ0v) is 23.2. The summed E-state index contributed by atoms with van der Waals surface area (Å²) in [7, 11) is 2.83. The number of methoxy groups -OCH3 is 2. The fourth-order valence-electron chi connectivity index (χ4n) is 4.50. The zero-order chi connectivity index (χ0) is 29.0. The Bertz CT molecular complexity index is 1390. The molecule has 1 fully saturated rings. The summed E-state index contributed by atoms with van der Waals surface area (Å²) in [5.74, 6) is 0.743. The maximum Gasteiger partial charge on any atom is 0.405 e. The summed E-state index contributed by atoms with van der Waals surface area (Å²) in [5.41, 5.74) is 0.420. The number of nitrogens with one attached hydrogen (secondary N) is 2. The maximum atomic E-state index is 13.2. The number of benzene rings is 1. The Kier molecular flexibility index (Phi) is 9.27. The van der Waals surface area contributed by atoms with Gasteiger partial charge in [0.05, 0.1) is 42.6 Å². The highest BCUT2D eigenvalue weighted by Crippen LogP contribution is 2.46. The molecule has 214 valence electrons. The molecule has 0 unspecified atom stereocenters. The van der Waals surface area contributed by atoms with E-state index in [1.807, 2.05) is 0 Å². The van der Waals surface area contributed by atoms with Crippen LogP contribution in [0.1, 0.15) is 12.8 Å². The van der Waals surface area contributed by atoms with E-state index in [4.69, 9.17) is 37.4 Å². The number of hydrogen-bond donors (Lipinski definition) is 2. The van der Waals surface area contributed by atoms with Gasteiger partial charge in [-0.25, -0.2) is 9.97 Å². The summed E-state index contributed by atoms with van der Waals surface area (Å²) < 4.78 is 55.9. The Morgan fingerprint density at radius 3 is 2.52 bits per heavy atom. The minimum absolute atomic E-state index is 0.0209. The number of ketones is 1. The van der Waals surface area contributed by atoms with Crippen molar-refractivity contribution >= 4 is 51.4 Å². The second kappa shape index (κ2) is 12.5. The third kappa shape index (κ3) is 6.71. The second-order valence-electron chi connectivity index (χ2n) is 9.15. The number of anilines is 2. The number of carbonyl (C=O) groups excluding carboxylic acids is 1. The average molecular weight is 599 g/mol. The molecule has 13 heteroatoms. The molecule has 1 aromatic carbocycles. The van der Waals surface area contributed by atoms with E-state index in [9.17, 15) is 18.0 Å². The molecule has 0 spiro atoms. The van der Waals surface area contributed by atoms with Crippen molar-refractivity contribution in [3.05, 3.63) is 47.1 Å². The summed E-state index contributed by atoms with van der Waals surface area (Å²) >= 11 is 13.1. The van der Waals surface area contributed by atoms with E-state index >= 15 is 0 Å². The number of pyridine rings is 2. The minimum atomic E-state index is -4.50. The molecule has 2 N–H and O–H groups in total. The van der Waals surface area contributed by atoms with Crippen molar-refractivity contribution in [1.82, 2.24) is 9.97 Å². The normalized spacial score (nSPS) is 17.4. The van der Waals surface area contributed by atoms with Crippen LogP contribution in [0.2, 0.25) is 10.0 Å². The average Bonchev–Trinajstić information content (AvgIpc) is 2.92. The summed E-state index contributed by atoms with van der Waals surface area (Å²) in [4.78, 5) is 20.9. The predicted molar refractivity (Wildman–Crippen MR) is 149 cm³/mol. The van der Waals surface area contributed by atoms with Gasteiger partial charge in [0, 0.05) is 41.6 Å². The maximum absolute atomic E-state index is 13.2. The van der Waals surface area contributed by atoms with Gasteiger partial charge >= 0.3 is 6.18 Å². The van der Waals surface area contributed by atoms with E-state index < -0.39 is 12.7 Å². The van der Waals surface area contributed by atoms with Crippen molar-refractivity contribution in [3.8, 4) is 22.8 Å². The standard InChI is InChI=1S/C27H27Cl2F3N4O4/c1-4-16(37)7-14-5-6-40-12-19(14)35-22-9-17-15(11-33-22)8-18(36-26(17)34-13-27(30,31)32)23-24(28)20(38-2)10-21(39-3)25(23)29/h4,8-11,14,19H,1,5-7,12-13H2,2-3H3,(H,33,35)(H,34,36)/t14-,19-/m1/s1. The predicted octanol–water partition coefficient (Wildman–Crippen LogP) is 6.56. The van der Waals surface area contributed by atoms with Crippen LogP contribution in [0.5, 0.6) is 11.5 Å². The van der Waals surface area contributed by atoms with E-state index in [1.54, 1.807) is 12.1 Å². The molecule has 1 saturated heterocycles. The molecule has 0 aliphatic carbocycles. The fourth-order valence-corrected chi connectivity index (χ4v) is 5.19. The van der Waals surface area contributed by atoms with Gasteiger partial charge in [0.1, 0.15) is 29.7 Å².